The number of aromatic amines is 1. The van der Waals surface area contributed by atoms with E-state index in [0.29, 0.717) is 55.9 Å². The number of carbonyl (C=O) groups excluding carboxylic acids is 2. The second-order valence-electron chi connectivity index (χ2n) is 11.5. The van der Waals surface area contributed by atoms with Crippen LogP contribution in [0, 0.1) is 5.92 Å². The van der Waals surface area contributed by atoms with Crippen molar-refractivity contribution < 1.29 is 23.8 Å². The van der Waals surface area contributed by atoms with Gasteiger partial charge in [0.05, 0.1) is 18.9 Å². The molecule has 6 rings (SSSR count). The molecule has 210 valence electrons. The Bertz CT molecular complexity index is 1560. The summed E-state index contributed by atoms with van der Waals surface area (Å²) in [5.41, 5.74) is 3.07. The van der Waals surface area contributed by atoms with Crippen LogP contribution in [0.25, 0.3) is 16.4 Å². The van der Waals surface area contributed by atoms with Crippen LogP contribution in [0.1, 0.15) is 61.8 Å². The molecule has 0 radical (unpaired) electrons. The number of carbonyl (C=O) groups is 2. The van der Waals surface area contributed by atoms with E-state index in [1.807, 2.05) is 39.0 Å². The Morgan fingerprint density at radius 3 is 2.80 bits per heavy atom. The second-order valence-corrected chi connectivity index (χ2v) is 11.5. The zero-order valence-electron chi connectivity index (χ0n) is 23.0. The van der Waals surface area contributed by atoms with Gasteiger partial charge < -0.3 is 29.4 Å². The third kappa shape index (κ3) is 5.54. The van der Waals surface area contributed by atoms with E-state index in [0.717, 1.165) is 35.0 Å². The van der Waals surface area contributed by atoms with E-state index in [1.54, 1.807) is 21.8 Å². The van der Waals surface area contributed by atoms with Gasteiger partial charge in [-0.05, 0) is 62.6 Å². The summed E-state index contributed by atoms with van der Waals surface area (Å²) < 4.78 is 18.5. The molecule has 2 amide bonds. The highest BCUT2D eigenvalue weighted by Crippen LogP contribution is 2.30. The van der Waals surface area contributed by atoms with E-state index in [9.17, 15) is 9.59 Å². The first-order valence-corrected chi connectivity index (χ1v) is 13.7. The van der Waals surface area contributed by atoms with E-state index in [-0.39, 0.29) is 17.7 Å². The average Bonchev–Trinajstić information content (AvgIpc) is 3.41. The minimum Gasteiger partial charge on any atom is -0.486 e. The lowest BCUT2D eigenvalue weighted by molar-refractivity contribution is 0.0171. The number of benzene rings is 1. The summed E-state index contributed by atoms with van der Waals surface area (Å²) in [5.74, 6) is 1.11. The molecular weight excluding hydrogens is 512 g/mol. The van der Waals surface area contributed by atoms with Gasteiger partial charge in [-0.2, -0.15) is 5.10 Å². The number of hydrogen-bond donors (Lipinski definition) is 2. The van der Waals surface area contributed by atoms with Crippen LogP contribution in [0.2, 0.25) is 0 Å². The van der Waals surface area contributed by atoms with Crippen molar-refractivity contribution in [1.82, 2.24) is 29.8 Å². The highest BCUT2D eigenvalue weighted by atomic mass is 16.6. The molecule has 2 aliphatic rings. The fraction of sp³-hybridized carbons (Fsp3) is 0.448. The maximum absolute atomic E-state index is 13.0. The first-order chi connectivity index (χ1) is 19.2. The number of hydrogen-bond acceptors (Lipinski definition) is 7. The topological polar surface area (TPSA) is 123 Å². The third-order valence-corrected chi connectivity index (χ3v) is 7.16. The maximum atomic E-state index is 13.0. The molecule has 0 unspecified atom stereocenters. The summed E-state index contributed by atoms with van der Waals surface area (Å²) >= 11 is 0. The molecule has 3 aromatic heterocycles. The average molecular weight is 547 g/mol. The number of rotatable bonds is 7. The van der Waals surface area contributed by atoms with Crippen LogP contribution in [0.15, 0.2) is 36.7 Å². The van der Waals surface area contributed by atoms with Gasteiger partial charge in [0.15, 0.2) is 17.0 Å². The Morgan fingerprint density at radius 2 is 2.02 bits per heavy atom. The fourth-order valence-electron chi connectivity index (χ4n) is 4.99. The Labute approximate surface area is 231 Å². The molecular formula is C29H34N6O5. The molecule has 0 bridgehead atoms. The molecule has 4 aromatic rings. The molecule has 0 spiro atoms. The monoisotopic (exact) mass is 546 g/mol. The molecule has 40 heavy (non-hydrogen) atoms. The molecule has 11 heteroatoms. The minimum atomic E-state index is -0.546. The van der Waals surface area contributed by atoms with Crippen LogP contribution in [0.3, 0.4) is 0 Å². The smallest absolute Gasteiger partial charge is 0.410 e. The van der Waals surface area contributed by atoms with E-state index in [4.69, 9.17) is 14.2 Å². The van der Waals surface area contributed by atoms with Crippen LogP contribution in [-0.2, 0) is 17.8 Å². The second kappa shape index (κ2) is 10.4. The normalized spacial score (nSPS) is 15.2. The Hall–Kier alpha value is -4.28. The lowest BCUT2D eigenvalue weighted by Crippen LogP contribution is -2.40. The van der Waals surface area contributed by atoms with Crippen LogP contribution < -0.4 is 14.8 Å². The molecule has 0 atom stereocenters. The highest BCUT2D eigenvalue weighted by Gasteiger charge is 2.28. The van der Waals surface area contributed by atoms with Gasteiger partial charge in [-0.25, -0.2) is 14.3 Å². The maximum Gasteiger partial charge on any atom is 0.410 e. The predicted octanol–water partition coefficient (Wildman–Crippen LogP) is 4.45. The highest BCUT2D eigenvalue weighted by molar-refractivity contribution is 5.93. The van der Waals surface area contributed by atoms with E-state index < -0.39 is 5.60 Å². The largest absolute Gasteiger partial charge is 0.486 e. The van der Waals surface area contributed by atoms with Gasteiger partial charge in [-0.3, -0.25) is 4.79 Å². The summed E-state index contributed by atoms with van der Waals surface area (Å²) in [7, 11) is 0. The van der Waals surface area contributed by atoms with Crippen LogP contribution in [0.4, 0.5) is 4.79 Å². The first-order valence-electron chi connectivity index (χ1n) is 13.7. The van der Waals surface area contributed by atoms with Gasteiger partial charge in [0.2, 0.25) is 5.88 Å². The Morgan fingerprint density at radius 1 is 1.20 bits per heavy atom. The summed E-state index contributed by atoms with van der Waals surface area (Å²) in [6, 6.07) is 8.06. The number of H-pyrrole nitrogens is 1. The SMILES string of the molecule is CC(C)(C)OC(=O)N(Cc1cc2ccc(CNC(=O)c3cn4ncc5c4c(n3)OCCO5)cc2[nH]1)CC1CCC1. The summed E-state index contributed by atoms with van der Waals surface area (Å²) in [4.78, 5) is 35.5. The van der Waals surface area contributed by atoms with E-state index >= 15 is 0 Å². The van der Waals surface area contributed by atoms with Crippen molar-refractivity contribution in [2.24, 2.45) is 5.92 Å². The van der Waals surface area contributed by atoms with Crippen LogP contribution in [-0.4, -0.2) is 61.8 Å². The molecule has 0 saturated heterocycles. The molecule has 2 N–H and O–H groups in total. The zero-order chi connectivity index (χ0) is 27.9. The van der Waals surface area contributed by atoms with Gasteiger partial charge in [0, 0.05) is 24.3 Å². The van der Waals surface area contributed by atoms with Crippen LogP contribution >= 0.6 is 0 Å². The summed E-state index contributed by atoms with van der Waals surface area (Å²) in [6.45, 7) is 7.86. The summed E-state index contributed by atoms with van der Waals surface area (Å²) in [5, 5.41) is 8.23. The van der Waals surface area contributed by atoms with Crippen molar-refractivity contribution in [3.05, 3.63) is 53.6 Å². The Balaban J connectivity index is 1.14. The van der Waals surface area contributed by atoms with Gasteiger partial charge in [0.25, 0.3) is 5.91 Å². The zero-order valence-corrected chi connectivity index (χ0v) is 23.0. The van der Waals surface area contributed by atoms with E-state index in [1.165, 1.54) is 6.42 Å². The summed E-state index contributed by atoms with van der Waals surface area (Å²) in [6.07, 6.45) is 6.39. The van der Waals surface area contributed by atoms with Crippen molar-refractivity contribution in [3.63, 3.8) is 0 Å². The lowest BCUT2D eigenvalue weighted by Gasteiger charge is -2.33. The van der Waals surface area contributed by atoms with Gasteiger partial charge >= 0.3 is 6.09 Å². The molecule has 1 aliphatic carbocycles. The molecule has 11 nitrogen and oxygen atoms in total. The van der Waals surface area contributed by atoms with Gasteiger partial charge in [-0.1, -0.05) is 18.6 Å². The molecule has 1 fully saturated rings. The quantitative estimate of drug-likeness (QED) is 0.351. The van der Waals surface area contributed by atoms with Crippen molar-refractivity contribution in [3.8, 4) is 11.6 Å². The molecule has 1 aliphatic heterocycles. The first kappa shape index (κ1) is 26.0. The van der Waals surface area contributed by atoms with Crippen molar-refractivity contribution >= 4 is 28.4 Å². The fourth-order valence-corrected chi connectivity index (χ4v) is 4.99. The third-order valence-electron chi connectivity index (χ3n) is 7.16. The number of nitrogens with one attached hydrogen (secondary N) is 2. The van der Waals surface area contributed by atoms with E-state index in [2.05, 4.69) is 26.4 Å². The van der Waals surface area contributed by atoms with Gasteiger partial charge in [0.1, 0.15) is 18.8 Å². The molecule has 1 saturated carbocycles. The van der Waals surface area contributed by atoms with Crippen molar-refractivity contribution in [2.75, 3.05) is 19.8 Å². The van der Waals surface area contributed by atoms with Crippen molar-refractivity contribution in [1.29, 1.82) is 0 Å². The van der Waals surface area contributed by atoms with Crippen molar-refractivity contribution in [2.45, 2.75) is 58.7 Å². The predicted molar refractivity (Wildman–Crippen MR) is 147 cm³/mol. The Kier molecular flexibility index (Phi) is 6.73. The lowest BCUT2D eigenvalue weighted by atomic mass is 9.85. The minimum absolute atomic E-state index is 0.205. The van der Waals surface area contributed by atoms with Gasteiger partial charge in [-0.15, -0.1) is 0 Å². The van der Waals surface area contributed by atoms with Crippen LogP contribution in [0.5, 0.6) is 11.6 Å². The number of nitrogens with zero attached hydrogens (tertiary/aromatic N) is 4. The molecule has 1 aromatic carbocycles. The molecule has 4 heterocycles. The number of fused-ring (bicyclic) bond motifs is 1. The number of amides is 2. The standard InChI is InChI=1S/C29H34N6O5/c1-29(2,3)40-28(37)34(15-18-5-4-6-18)16-21-12-20-8-7-19(11-22(20)32-21)13-30-26(36)23-17-35-25-24(14-31-35)38-9-10-39-27(25)33-23/h7-8,11-12,14,17-18,32H,4-6,9-10,13,15-16H2,1-3H3,(H,30,36). The number of ether oxygens (including phenoxy) is 3. The number of aromatic nitrogens is 4.